The van der Waals surface area contributed by atoms with Crippen LogP contribution in [0.2, 0.25) is 0 Å². The molecule has 3 aromatic heterocycles. The molecule has 0 saturated heterocycles. The lowest BCUT2D eigenvalue weighted by Crippen LogP contribution is -1.93. The molecule has 0 unspecified atom stereocenters. The molecule has 0 aliphatic rings. The second-order valence-electron chi connectivity index (χ2n) is 5.62. The fourth-order valence-electron chi connectivity index (χ4n) is 2.81. The first-order valence-corrected chi connectivity index (χ1v) is 8.57. The third-order valence-electron chi connectivity index (χ3n) is 4.10. The number of pyridine rings is 2. The summed E-state index contributed by atoms with van der Waals surface area (Å²) in [6, 6.07) is 11.6. The van der Waals surface area contributed by atoms with Crippen molar-refractivity contribution in [3.05, 3.63) is 54.2 Å². The molecule has 4 aromatic rings. The second-order valence-corrected chi connectivity index (χ2v) is 6.50. The van der Waals surface area contributed by atoms with Gasteiger partial charge in [-0.25, -0.2) is 9.97 Å². The standard InChI is InChI=1S/C19H16N4OS/c1-24-16-7-4-12(8-22-16)14-9-23-19(21)17-15(10-25-18(14)17)11-2-5-13(20)6-3-11/h2-10H,20H2,1H3,(H2,21,23). The van der Waals surface area contributed by atoms with Crippen molar-refractivity contribution in [1.82, 2.24) is 9.97 Å². The van der Waals surface area contributed by atoms with Crippen molar-refractivity contribution in [3.8, 4) is 28.1 Å². The Labute approximate surface area is 148 Å². The summed E-state index contributed by atoms with van der Waals surface area (Å²) in [6.07, 6.45) is 3.58. The molecule has 0 saturated carbocycles. The number of nitrogens with two attached hydrogens (primary N) is 2. The average Bonchev–Trinajstić information content (AvgIpc) is 3.09. The third kappa shape index (κ3) is 2.66. The van der Waals surface area contributed by atoms with E-state index in [1.807, 2.05) is 36.4 Å². The first-order valence-electron chi connectivity index (χ1n) is 7.69. The summed E-state index contributed by atoms with van der Waals surface area (Å²) in [4.78, 5) is 8.69. The Morgan fingerprint density at radius 3 is 2.32 bits per heavy atom. The number of aromatic nitrogens is 2. The van der Waals surface area contributed by atoms with Crippen LogP contribution in [0.1, 0.15) is 0 Å². The average molecular weight is 348 g/mol. The Morgan fingerprint density at radius 2 is 1.64 bits per heavy atom. The summed E-state index contributed by atoms with van der Waals surface area (Å²) in [7, 11) is 1.60. The molecule has 1 aromatic carbocycles. The maximum atomic E-state index is 6.20. The van der Waals surface area contributed by atoms with Crippen molar-refractivity contribution in [1.29, 1.82) is 0 Å². The maximum Gasteiger partial charge on any atom is 0.212 e. The lowest BCUT2D eigenvalue weighted by atomic mass is 10.0. The molecule has 124 valence electrons. The van der Waals surface area contributed by atoms with Gasteiger partial charge >= 0.3 is 0 Å². The SMILES string of the molecule is COc1ccc(-c2cnc(N)c3c(-c4ccc(N)cc4)csc23)cn1. The Kier molecular flexibility index (Phi) is 3.74. The molecule has 4 rings (SSSR count). The number of fused-ring (bicyclic) bond motifs is 1. The number of thiophene rings is 1. The van der Waals surface area contributed by atoms with Gasteiger partial charge in [0.2, 0.25) is 5.88 Å². The van der Waals surface area contributed by atoms with Gasteiger partial charge in [-0.1, -0.05) is 12.1 Å². The Hall–Kier alpha value is -3.12. The molecule has 25 heavy (non-hydrogen) atoms. The first kappa shape index (κ1) is 15.4. The van der Waals surface area contributed by atoms with Crippen LogP contribution in [-0.2, 0) is 0 Å². The van der Waals surface area contributed by atoms with Crippen molar-refractivity contribution < 1.29 is 4.74 Å². The van der Waals surface area contributed by atoms with E-state index in [1.165, 1.54) is 0 Å². The van der Waals surface area contributed by atoms with Crippen LogP contribution in [0, 0.1) is 0 Å². The van der Waals surface area contributed by atoms with Crippen LogP contribution in [0.25, 0.3) is 32.3 Å². The number of benzene rings is 1. The summed E-state index contributed by atoms with van der Waals surface area (Å²) < 4.78 is 6.22. The number of rotatable bonds is 3. The fourth-order valence-corrected chi connectivity index (χ4v) is 3.93. The number of anilines is 2. The summed E-state index contributed by atoms with van der Waals surface area (Å²) in [6.45, 7) is 0. The van der Waals surface area contributed by atoms with Crippen molar-refractivity contribution in [2.45, 2.75) is 0 Å². The molecule has 0 radical (unpaired) electrons. The van der Waals surface area contributed by atoms with Crippen LogP contribution >= 0.6 is 11.3 Å². The monoisotopic (exact) mass is 348 g/mol. The van der Waals surface area contributed by atoms with Gasteiger partial charge in [0.15, 0.2) is 0 Å². The minimum atomic E-state index is 0.522. The van der Waals surface area contributed by atoms with Crippen LogP contribution in [0.4, 0.5) is 11.5 Å². The quantitative estimate of drug-likeness (QED) is 0.542. The molecule has 0 fully saturated rings. The zero-order chi connectivity index (χ0) is 17.4. The number of methoxy groups -OCH3 is 1. The predicted octanol–water partition coefficient (Wildman–Crippen LogP) is 4.20. The highest BCUT2D eigenvalue weighted by Crippen LogP contribution is 2.41. The molecule has 0 aliphatic heterocycles. The van der Waals surface area contributed by atoms with E-state index in [9.17, 15) is 0 Å². The van der Waals surface area contributed by atoms with E-state index in [1.54, 1.807) is 30.8 Å². The fraction of sp³-hybridized carbons (Fsp3) is 0.0526. The van der Waals surface area contributed by atoms with Gasteiger partial charge in [0, 0.05) is 50.9 Å². The smallest absolute Gasteiger partial charge is 0.212 e. The van der Waals surface area contributed by atoms with E-state index in [-0.39, 0.29) is 0 Å². The Morgan fingerprint density at radius 1 is 0.880 bits per heavy atom. The van der Waals surface area contributed by atoms with Gasteiger partial charge in [-0.15, -0.1) is 11.3 Å². The van der Waals surface area contributed by atoms with Gasteiger partial charge in [0.1, 0.15) is 5.82 Å². The highest BCUT2D eigenvalue weighted by molar-refractivity contribution is 7.18. The zero-order valence-electron chi connectivity index (χ0n) is 13.6. The summed E-state index contributed by atoms with van der Waals surface area (Å²) >= 11 is 1.65. The highest BCUT2D eigenvalue weighted by atomic mass is 32.1. The number of nitrogens with zero attached hydrogens (tertiary/aromatic N) is 2. The number of nitrogen functional groups attached to an aromatic ring is 2. The van der Waals surface area contributed by atoms with Gasteiger partial charge in [-0.3, -0.25) is 0 Å². The summed E-state index contributed by atoms with van der Waals surface area (Å²) in [5.74, 6) is 1.10. The third-order valence-corrected chi connectivity index (χ3v) is 5.12. The van der Waals surface area contributed by atoms with Crippen LogP contribution < -0.4 is 16.2 Å². The lowest BCUT2D eigenvalue weighted by molar-refractivity contribution is 0.398. The van der Waals surface area contributed by atoms with Gasteiger partial charge in [0.25, 0.3) is 0 Å². The highest BCUT2D eigenvalue weighted by Gasteiger charge is 2.15. The summed E-state index contributed by atoms with van der Waals surface area (Å²) in [5, 5.41) is 3.07. The van der Waals surface area contributed by atoms with Crippen LogP contribution in [-0.4, -0.2) is 17.1 Å². The molecular formula is C19H16N4OS. The normalized spacial score (nSPS) is 10.9. The number of hydrogen-bond acceptors (Lipinski definition) is 6. The molecule has 3 heterocycles. The molecule has 0 atom stereocenters. The molecule has 0 aliphatic carbocycles. The molecular weight excluding hydrogens is 332 g/mol. The van der Waals surface area contributed by atoms with E-state index in [2.05, 4.69) is 15.3 Å². The van der Waals surface area contributed by atoms with Gasteiger partial charge in [-0.05, 0) is 29.1 Å². The number of ether oxygens (including phenoxy) is 1. The van der Waals surface area contributed by atoms with Gasteiger partial charge < -0.3 is 16.2 Å². The van der Waals surface area contributed by atoms with E-state index >= 15 is 0 Å². The maximum absolute atomic E-state index is 6.20. The van der Waals surface area contributed by atoms with Gasteiger partial charge in [0.05, 0.1) is 7.11 Å². The zero-order valence-corrected chi connectivity index (χ0v) is 14.4. The number of hydrogen-bond donors (Lipinski definition) is 2. The molecule has 6 heteroatoms. The first-order chi connectivity index (χ1) is 12.2. The van der Waals surface area contributed by atoms with Crippen molar-refractivity contribution >= 4 is 32.9 Å². The molecule has 0 spiro atoms. The van der Waals surface area contributed by atoms with Gasteiger partial charge in [-0.2, -0.15) is 0 Å². The minimum absolute atomic E-state index is 0.522. The van der Waals surface area contributed by atoms with Crippen molar-refractivity contribution in [2.75, 3.05) is 18.6 Å². The van der Waals surface area contributed by atoms with E-state index < -0.39 is 0 Å². The molecule has 0 amide bonds. The Bertz CT molecular complexity index is 1040. The molecule has 0 bridgehead atoms. The largest absolute Gasteiger partial charge is 0.481 e. The van der Waals surface area contributed by atoms with E-state index in [0.29, 0.717) is 11.7 Å². The minimum Gasteiger partial charge on any atom is -0.481 e. The van der Waals surface area contributed by atoms with Crippen LogP contribution in [0.15, 0.2) is 54.2 Å². The molecule has 4 N–H and O–H groups in total. The predicted molar refractivity (Wildman–Crippen MR) is 104 cm³/mol. The molecule has 5 nitrogen and oxygen atoms in total. The van der Waals surface area contributed by atoms with Crippen molar-refractivity contribution in [2.24, 2.45) is 0 Å². The Balaban J connectivity index is 1.90. The van der Waals surface area contributed by atoms with E-state index in [0.717, 1.165) is 38.0 Å². The topological polar surface area (TPSA) is 87.0 Å². The van der Waals surface area contributed by atoms with Crippen LogP contribution in [0.5, 0.6) is 5.88 Å². The summed E-state index contributed by atoms with van der Waals surface area (Å²) in [5.41, 5.74) is 16.8. The van der Waals surface area contributed by atoms with E-state index in [4.69, 9.17) is 16.2 Å². The second kappa shape index (κ2) is 6.07. The van der Waals surface area contributed by atoms with Crippen LogP contribution in [0.3, 0.4) is 0 Å². The van der Waals surface area contributed by atoms with Crippen molar-refractivity contribution in [3.63, 3.8) is 0 Å². The lowest BCUT2D eigenvalue weighted by Gasteiger charge is -2.07.